The van der Waals surface area contributed by atoms with Gasteiger partial charge in [0.25, 0.3) is 0 Å². The fourth-order valence-corrected chi connectivity index (χ4v) is 8.55. The van der Waals surface area contributed by atoms with Crippen molar-refractivity contribution in [3.63, 3.8) is 0 Å². The minimum absolute atomic E-state index is 0.133. The maximum Gasteiger partial charge on any atom is 0.139 e. The lowest BCUT2D eigenvalue weighted by Gasteiger charge is -2.25. The quantitative estimate of drug-likeness (QED) is 0.128. The molecule has 0 fully saturated rings. The standard InChI is InChI=1S/C51H33NO2/c1-3-15-35(16-4-1)52(36-17-5-2-6-18-36)37-27-29-49-45(32-37)42-23-13-24-43(51(42)54-49)50(34-26-28-48-44(31-34)41-22-11-12-25-47(41)53-48)46-30-33-14-7-8-19-38(33)39-20-9-10-21-40(39)46/h1-32,50H. The van der Waals surface area contributed by atoms with E-state index in [1.807, 2.05) is 12.1 Å². The summed E-state index contributed by atoms with van der Waals surface area (Å²) in [4.78, 5) is 2.30. The smallest absolute Gasteiger partial charge is 0.139 e. The average molecular weight is 692 g/mol. The predicted octanol–water partition coefficient (Wildman–Crippen LogP) is 14.4. The van der Waals surface area contributed by atoms with E-state index in [9.17, 15) is 0 Å². The Hall–Kier alpha value is -7.10. The van der Waals surface area contributed by atoms with Crippen molar-refractivity contribution in [3.05, 3.63) is 211 Å². The lowest BCUT2D eigenvalue weighted by atomic mass is 9.80. The number of hydrogen-bond acceptors (Lipinski definition) is 3. The molecular weight excluding hydrogens is 659 g/mol. The van der Waals surface area contributed by atoms with E-state index in [0.717, 1.165) is 66.5 Å². The highest BCUT2D eigenvalue weighted by molar-refractivity contribution is 6.11. The van der Waals surface area contributed by atoms with Crippen LogP contribution >= 0.6 is 0 Å². The van der Waals surface area contributed by atoms with E-state index < -0.39 is 0 Å². The zero-order valence-corrected chi connectivity index (χ0v) is 29.3. The summed E-state index contributed by atoms with van der Waals surface area (Å²) in [6, 6.07) is 69.2. The summed E-state index contributed by atoms with van der Waals surface area (Å²) in [5, 5.41) is 9.35. The van der Waals surface area contributed by atoms with Gasteiger partial charge in [-0.05, 0) is 99.4 Å². The van der Waals surface area contributed by atoms with Gasteiger partial charge >= 0.3 is 0 Å². The van der Waals surface area contributed by atoms with Gasteiger partial charge < -0.3 is 13.7 Å². The Morgan fingerprint density at radius 3 is 1.72 bits per heavy atom. The molecule has 0 radical (unpaired) electrons. The molecule has 0 aliphatic heterocycles. The van der Waals surface area contributed by atoms with Gasteiger partial charge in [-0.25, -0.2) is 0 Å². The van der Waals surface area contributed by atoms with Gasteiger partial charge in [0.15, 0.2) is 0 Å². The molecule has 54 heavy (non-hydrogen) atoms. The molecule has 9 aromatic carbocycles. The number of rotatable bonds is 6. The van der Waals surface area contributed by atoms with E-state index in [2.05, 4.69) is 187 Å². The molecule has 3 heteroatoms. The first-order valence-electron chi connectivity index (χ1n) is 18.5. The van der Waals surface area contributed by atoms with E-state index >= 15 is 0 Å². The average Bonchev–Trinajstić information content (AvgIpc) is 3.80. The highest BCUT2D eigenvalue weighted by Crippen LogP contribution is 2.46. The van der Waals surface area contributed by atoms with Crippen molar-refractivity contribution in [2.45, 2.75) is 5.92 Å². The van der Waals surface area contributed by atoms with Crippen molar-refractivity contribution < 1.29 is 8.83 Å². The van der Waals surface area contributed by atoms with Gasteiger partial charge in [-0.2, -0.15) is 0 Å². The molecule has 3 nitrogen and oxygen atoms in total. The van der Waals surface area contributed by atoms with Crippen LogP contribution in [-0.2, 0) is 0 Å². The van der Waals surface area contributed by atoms with Crippen molar-refractivity contribution >= 4 is 82.5 Å². The molecule has 1 unspecified atom stereocenters. The number of nitrogens with zero attached hydrogens (tertiary/aromatic N) is 1. The first kappa shape index (κ1) is 30.5. The van der Waals surface area contributed by atoms with E-state index in [1.54, 1.807) is 0 Å². The molecule has 0 amide bonds. The van der Waals surface area contributed by atoms with Crippen LogP contribution in [-0.4, -0.2) is 0 Å². The highest BCUT2D eigenvalue weighted by Gasteiger charge is 2.26. The zero-order valence-electron chi connectivity index (χ0n) is 29.3. The molecule has 254 valence electrons. The molecule has 0 saturated carbocycles. The van der Waals surface area contributed by atoms with Gasteiger partial charge in [0.1, 0.15) is 22.3 Å². The van der Waals surface area contributed by atoms with E-state index in [4.69, 9.17) is 8.83 Å². The van der Waals surface area contributed by atoms with Crippen LogP contribution in [0.15, 0.2) is 203 Å². The van der Waals surface area contributed by atoms with Crippen LogP contribution < -0.4 is 4.90 Å². The molecule has 0 spiro atoms. The minimum Gasteiger partial charge on any atom is -0.456 e. The molecule has 11 aromatic rings. The fourth-order valence-electron chi connectivity index (χ4n) is 8.55. The maximum absolute atomic E-state index is 6.96. The lowest BCUT2D eigenvalue weighted by molar-refractivity contribution is 0.661. The first-order chi connectivity index (χ1) is 26.8. The second-order valence-electron chi connectivity index (χ2n) is 14.0. The lowest BCUT2D eigenvalue weighted by Crippen LogP contribution is -2.09. The van der Waals surface area contributed by atoms with Gasteiger partial charge in [-0.3, -0.25) is 0 Å². The molecule has 1 atom stereocenters. The molecular formula is C51H33NO2. The fraction of sp³-hybridized carbons (Fsp3) is 0.0196. The van der Waals surface area contributed by atoms with Crippen molar-refractivity contribution in [1.29, 1.82) is 0 Å². The Labute approximate surface area is 311 Å². The first-order valence-corrected chi connectivity index (χ1v) is 18.5. The van der Waals surface area contributed by atoms with Gasteiger partial charge in [0.05, 0.1) is 0 Å². The number of para-hydroxylation sites is 4. The highest BCUT2D eigenvalue weighted by atomic mass is 16.3. The molecule has 0 aliphatic rings. The third-order valence-electron chi connectivity index (χ3n) is 11.0. The van der Waals surface area contributed by atoms with E-state index in [-0.39, 0.29) is 5.92 Å². The summed E-state index contributed by atoms with van der Waals surface area (Å²) in [6.45, 7) is 0. The number of fused-ring (bicyclic) bond motifs is 9. The molecule has 0 aliphatic carbocycles. The van der Waals surface area contributed by atoms with Crippen LogP contribution in [0.5, 0.6) is 0 Å². The van der Waals surface area contributed by atoms with Crippen LogP contribution in [0.4, 0.5) is 17.1 Å². The van der Waals surface area contributed by atoms with Crippen LogP contribution in [0.25, 0.3) is 65.4 Å². The van der Waals surface area contributed by atoms with Gasteiger partial charge in [0, 0.05) is 50.1 Å². The minimum atomic E-state index is -0.133. The van der Waals surface area contributed by atoms with Crippen LogP contribution in [0.1, 0.15) is 22.6 Å². The van der Waals surface area contributed by atoms with Gasteiger partial charge in [-0.1, -0.05) is 127 Å². The monoisotopic (exact) mass is 691 g/mol. The topological polar surface area (TPSA) is 29.5 Å². The van der Waals surface area contributed by atoms with E-state index in [0.29, 0.717) is 0 Å². The summed E-state index contributed by atoms with van der Waals surface area (Å²) in [6.07, 6.45) is 0. The largest absolute Gasteiger partial charge is 0.456 e. The van der Waals surface area contributed by atoms with Crippen LogP contribution in [0, 0.1) is 0 Å². The molecule has 2 aromatic heterocycles. The van der Waals surface area contributed by atoms with Crippen LogP contribution in [0.2, 0.25) is 0 Å². The summed E-state index contributed by atoms with van der Waals surface area (Å²) in [5.74, 6) is -0.133. The molecule has 0 N–H and O–H groups in total. The molecule has 2 heterocycles. The van der Waals surface area contributed by atoms with Crippen LogP contribution in [0.3, 0.4) is 0 Å². The number of anilines is 3. The number of furan rings is 2. The zero-order chi connectivity index (χ0) is 35.6. The summed E-state index contributed by atoms with van der Waals surface area (Å²) in [5.41, 5.74) is 10.4. The van der Waals surface area contributed by atoms with Crippen molar-refractivity contribution in [2.75, 3.05) is 4.90 Å². The van der Waals surface area contributed by atoms with Crippen molar-refractivity contribution in [2.24, 2.45) is 0 Å². The Bertz CT molecular complexity index is 3140. The van der Waals surface area contributed by atoms with Gasteiger partial charge in [0.2, 0.25) is 0 Å². The number of benzene rings is 9. The van der Waals surface area contributed by atoms with Crippen molar-refractivity contribution in [3.8, 4) is 0 Å². The van der Waals surface area contributed by atoms with E-state index in [1.165, 1.54) is 32.7 Å². The Morgan fingerprint density at radius 2 is 0.926 bits per heavy atom. The normalized spacial score (nSPS) is 12.4. The Kier molecular flexibility index (Phi) is 6.93. The second kappa shape index (κ2) is 12.3. The van der Waals surface area contributed by atoms with Crippen molar-refractivity contribution in [1.82, 2.24) is 0 Å². The Balaban J connectivity index is 1.17. The number of hydrogen-bond donors (Lipinski definition) is 0. The predicted molar refractivity (Wildman–Crippen MR) is 225 cm³/mol. The summed E-state index contributed by atoms with van der Waals surface area (Å²) < 4.78 is 13.3. The SMILES string of the molecule is c1ccc(N(c2ccccc2)c2ccc3oc4c(C(c5ccc6oc7ccccc7c6c5)c5cc6ccccc6c6ccccc56)cccc4c3c2)cc1. The third-order valence-corrected chi connectivity index (χ3v) is 11.0. The second-order valence-corrected chi connectivity index (χ2v) is 14.0. The maximum atomic E-state index is 6.96. The molecule has 0 saturated heterocycles. The van der Waals surface area contributed by atoms with Gasteiger partial charge in [-0.15, -0.1) is 0 Å². The molecule has 11 rings (SSSR count). The summed E-state index contributed by atoms with van der Waals surface area (Å²) in [7, 11) is 0. The third kappa shape index (κ3) is 4.83. The molecule has 0 bridgehead atoms. The Morgan fingerprint density at radius 1 is 0.333 bits per heavy atom. The summed E-state index contributed by atoms with van der Waals surface area (Å²) >= 11 is 0.